The van der Waals surface area contributed by atoms with Crippen molar-refractivity contribution in [1.29, 1.82) is 0 Å². The van der Waals surface area contributed by atoms with E-state index in [-0.39, 0.29) is 0 Å². The van der Waals surface area contributed by atoms with E-state index in [1.807, 2.05) is 11.3 Å². The molecule has 0 fully saturated rings. The minimum absolute atomic E-state index is 0.558. The van der Waals surface area contributed by atoms with Crippen molar-refractivity contribution in [1.82, 2.24) is 0 Å². The third kappa shape index (κ3) is 2.89. The quantitative estimate of drug-likeness (QED) is 0.816. The van der Waals surface area contributed by atoms with Gasteiger partial charge in [-0.3, -0.25) is 0 Å². The summed E-state index contributed by atoms with van der Waals surface area (Å²) in [5, 5.41) is 5.70. The van der Waals surface area contributed by atoms with E-state index in [1.165, 1.54) is 21.7 Å². The third-order valence-corrected chi connectivity index (χ3v) is 4.01. The van der Waals surface area contributed by atoms with E-state index in [2.05, 4.69) is 61.8 Å². The van der Waals surface area contributed by atoms with E-state index in [0.29, 0.717) is 5.92 Å². The number of para-hydroxylation sites is 1. The molecule has 90 valence electrons. The summed E-state index contributed by atoms with van der Waals surface area (Å²) in [6, 6.07) is 10.7. The predicted molar refractivity (Wildman–Crippen MR) is 76.9 cm³/mol. The summed E-state index contributed by atoms with van der Waals surface area (Å²) >= 11 is 1.82. The van der Waals surface area contributed by atoms with Crippen LogP contribution < -0.4 is 5.32 Å². The second-order valence-electron chi connectivity index (χ2n) is 4.62. The van der Waals surface area contributed by atoms with Crippen molar-refractivity contribution in [3.63, 3.8) is 0 Å². The summed E-state index contributed by atoms with van der Waals surface area (Å²) in [6.07, 6.45) is 0. The van der Waals surface area contributed by atoms with Gasteiger partial charge in [-0.1, -0.05) is 32.0 Å². The number of aryl methyl sites for hydroxylation is 1. The Morgan fingerprint density at radius 2 is 1.94 bits per heavy atom. The second kappa shape index (κ2) is 5.37. The maximum absolute atomic E-state index is 3.55. The predicted octanol–water partition coefficient (Wildman–Crippen LogP) is 4.79. The fourth-order valence-corrected chi connectivity index (χ4v) is 2.77. The first-order valence-corrected chi connectivity index (χ1v) is 6.92. The fourth-order valence-electron chi connectivity index (χ4n) is 1.92. The monoisotopic (exact) mass is 245 g/mol. The highest BCUT2D eigenvalue weighted by Gasteiger charge is 2.06. The van der Waals surface area contributed by atoms with Gasteiger partial charge in [-0.05, 0) is 41.5 Å². The van der Waals surface area contributed by atoms with Crippen LogP contribution in [0.3, 0.4) is 0 Å². The van der Waals surface area contributed by atoms with E-state index in [0.717, 1.165) is 6.54 Å². The second-order valence-corrected chi connectivity index (χ2v) is 5.62. The smallest absolute Gasteiger partial charge is 0.0496 e. The summed E-state index contributed by atoms with van der Waals surface area (Å²) in [4.78, 5) is 1.42. The van der Waals surface area contributed by atoms with Crippen molar-refractivity contribution in [3.8, 4) is 0 Å². The standard InChI is InChI=1S/C15H19NS/c1-11(2)13-6-4-5-7-14(13)16-10-15-12(3)8-9-17-15/h4-9,11,16H,10H2,1-3H3. The van der Waals surface area contributed by atoms with Gasteiger partial charge >= 0.3 is 0 Å². The Labute approximate surface area is 108 Å². The molecule has 0 bridgehead atoms. The molecule has 0 spiro atoms. The van der Waals surface area contributed by atoms with Gasteiger partial charge in [0.15, 0.2) is 0 Å². The van der Waals surface area contributed by atoms with E-state index in [1.54, 1.807) is 0 Å². The molecule has 0 saturated heterocycles. The van der Waals surface area contributed by atoms with E-state index < -0.39 is 0 Å². The molecule has 0 atom stereocenters. The largest absolute Gasteiger partial charge is 0.380 e. The molecule has 1 N–H and O–H groups in total. The van der Waals surface area contributed by atoms with Gasteiger partial charge in [-0.2, -0.15) is 0 Å². The lowest BCUT2D eigenvalue weighted by Crippen LogP contribution is -2.02. The summed E-state index contributed by atoms with van der Waals surface area (Å²) in [5.41, 5.74) is 4.03. The van der Waals surface area contributed by atoms with Crippen LogP contribution in [-0.2, 0) is 6.54 Å². The molecule has 0 amide bonds. The Hall–Kier alpha value is -1.28. The molecular formula is C15H19NS. The lowest BCUT2D eigenvalue weighted by Gasteiger charge is -2.14. The van der Waals surface area contributed by atoms with Crippen LogP contribution in [0.15, 0.2) is 35.7 Å². The average molecular weight is 245 g/mol. The summed E-state index contributed by atoms with van der Waals surface area (Å²) in [6.45, 7) is 7.56. The molecule has 0 radical (unpaired) electrons. The topological polar surface area (TPSA) is 12.0 Å². The van der Waals surface area contributed by atoms with Gasteiger partial charge in [0, 0.05) is 17.1 Å². The highest BCUT2D eigenvalue weighted by atomic mass is 32.1. The van der Waals surface area contributed by atoms with Crippen LogP contribution in [0, 0.1) is 6.92 Å². The molecule has 1 heterocycles. The molecule has 1 nitrogen and oxygen atoms in total. The van der Waals surface area contributed by atoms with Crippen molar-refractivity contribution < 1.29 is 0 Å². The number of hydrogen-bond donors (Lipinski definition) is 1. The molecule has 0 saturated carbocycles. The molecule has 1 aromatic heterocycles. The Morgan fingerprint density at radius 1 is 1.18 bits per heavy atom. The molecule has 0 aliphatic heterocycles. The van der Waals surface area contributed by atoms with Crippen molar-refractivity contribution in [2.75, 3.05) is 5.32 Å². The van der Waals surface area contributed by atoms with Crippen LogP contribution in [0.4, 0.5) is 5.69 Å². The summed E-state index contributed by atoms with van der Waals surface area (Å²) < 4.78 is 0. The van der Waals surface area contributed by atoms with Gasteiger partial charge in [0.25, 0.3) is 0 Å². The number of thiophene rings is 1. The van der Waals surface area contributed by atoms with Crippen LogP contribution in [-0.4, -0.2) is 0 Å². The van der Waals surface area contributed by atoms with Gasteiger partial charge in [0.2, 0.25) is 0 Å². The third-order valence-electron chi connectivity index (χ3n) is 2.99. The van der Waals surface area contributed by atoms with E-state index in [9.17, 15) is 0 Å². The van der Waals surface area contributed by atoms with Crippen LogP contribution in [0.2, 0.25) is 0 Å². The van der Waals surface area contributed by atoms with Gasteiger partial charge < -0.3 is 5.32 Å². The van der Waals surface area contributed by atoms with Gasteiger partial charge in [0.1, 0.15) is 0 Å². The molecule has 2 rings (SSSR count). The highest BCUT2D eigenvalue weighted by Crippen LogP contribution is 2.25. The first-order valence-electron chi connectivity index (χ1n) is 6.04. The van der Waals surface area contributed by atoms with Crippen LogP contribution >= 0.6 is 11.3 Å². The Balaban J connectivity index is 2.11. The Kier molecular flexibility index (Phi) is 3.85. The number of nitrogens with one attached hydrogen (secondary N) is 1. The van der Waals surface area contributed by atoms with Crippen LogP contribution in [0.5, 0.6) is 0 Å². The molecule has 0 unspecified atom stereocenters. The normalized spacial score (nSPS) is 10.8. The number of rotatable bonds is 4. The zero-order valence-corrected chi connectivity index (χ0v) is 11.5. The molecule has 0 aliphatic rings. The maximum Gasteiger partial charge on any atom is 0.0496 e. The summed E-state index contributed by atoms with van der Waals surface area (Å²) in [7, 11) is 0. The van der Waals surface area contributed by atoms with Crippen molar-refractivity contribution in [3.05, 3.63) is 51.7 Å². The lowest BCUT2D eigenvalue weighted by molar-refractivity contribution is 0.865. The number of hydrogen-bond acceptors (Lipinski definition) is 2. The van der Waals surface area contributed by atoms with Crippen LogP contribution in [0.25, 0.3) is 0 Å². The SMILES string of the molecule is Cc1ccsc1CNc1ccccc1C(C)C. The molecule has 2 heteroatoms. The number of anilines is 1. The van der Waals surface area contributed by atoms with E-state index >= 15 is 0 Å². The van der Waals surface area contributed by atoms with Crippen molar-refractivity contribution in [2.24, 2.45) is 0 Å². The fraction of sp³-hybridized carbons (Fsp3) is 0.333. The maximum atomic E-state index is 3.55. The molecular weight excluding hydrogens is 226 g/mol. The first-order chi connectivity index (χ1) is 8.18. The molecule has 2 aromatic rings. The minimum Gasteiger partial charge on any atom is -0.380 e. The highest BCUT2D eigenvalue weighted by molar-refractivity contribution is 7.10. The average Bonchev–Trinajstić information content (AvgIpc) is 2.72. The van der Waals surface area contributed by atoms with Gasteiger partial charge in [-0.15, -0.1) is 11.3 Å². The zero-order chi connectivity index (χ0) is 12.3. The number of benzene rings is 1. The molecule has 0 aliphatic carbocycles. The Morgan fingerprint density at radius 3 is 2.59 bits per heavy atom. The first kappa shape index (κ1) is 12.2. The zero-order valence-electron chi connectivity index (χ0n) is 10.7. The minimum atomic E-state index is 0.558. The van der Waals surface area contributed by atoms with E-state index in [4.69, 9.17) is 0 Å². The molecule has 17 heavy (non-hydrogen) atoms. The van der Waals surface area contributed by atoms with Crippen LogP contribution in [0.1, 0.15) is 35.8 Å². The molecule has 1 aromatic carbocycles. The van der Waals surface area contributed by atoms with Crippen molar-refractivity contribution >= 4 is 17.0 Å². The summed E-state index contributed by atoms with van der Waals surface area (Å²) in [5.74, 6) is 0.558. The van der Waals surface area contributed by atoms with Gasteiger partial charge in [-0.25, -0.2) is 0 Å². The van der Waals surface area contributed by atoms with Gasteiger partial charge in [0.05, 0.1) is 0 Å². The lowest BCUT2D eigenvalue weighted by atomic mass is 10.0. The Bertz CT molecular complexity index is 485. The van der Waals surface area contributed by atoms with Crippen molar-refractivity contribution in [2.45, 2.75) is 33.2 Å².